The van der Waals surface area contributed by atoms with Crippen LogP contribution >= 0.6 is 0 Å². The van der Waals surface area contributed by atoms with Crippen LogP contribution in [0.5, 0.6) is 0 Å². The maximum atomic E-state index is 12.3. The zero-order valence-corrected chi connectivity index (χ0v) is 16.9. The standard InChI is InChI=1S/C24H30N2O2/c1-18-8-6-7-11-22(18)24-23-16-25(14-21(23)15-26(24)19(2)27)12-13-28-17-20-9-4-3-5-10-20/h3-11,21,23-24H,12-17H2,1-2H3/t21-,23-,24+/m1/s1. The van der Waals surface area contributed by atoms with E-state index in [0.717, 1.165) is 32.8 Å². The lowest BCUT2D eigenvalue weighted by atomic mass is 9.87. The lowest BCUT2D eigenvalue weighted by Crippen LogP contribution is -2.35. The minimum Gasteiger partial charge on any atom is -0.375 e. The Morgan fingerprint density at radius 1 is 1.04 bits per heavy atom. The number of carbonyl (C=O) groups is 1. The van der Waals surface area contributed by atoms with Crippen molar-refractivity contribution in [3.63, 3.8) is 0 Å². The molecule has 0 aliphatic carbocycles. The van der Waals surface area contributed by atoms with Gasteiger partial charge in [-0.2, -0.15) is 0 Å². The average Bonchev–Trinajstić information content (AvgIpc) is 3.24. The van der Waals surface area contributed by atoms with Gasteiger partial charge in [0.05, 0.1) is 19.3 Å². The number of fused-ring (bicyclic) bond motifs is 1. The summed E-state index contributed by atoms with van der Waals surface area (Å²) in [4.78, 5) is 16.9. The summed E-state index contributed by atoms with van der Waals surface area (Å²) in [6, 6.07) is 19.1. The number of hydrogen-bond acceptors (Lipinski definition) is 3. The number of hydrogen-bond donors (Lipinski definition) is 0. The molecule has 2 aromatic carbocycles. The molecule has 1 amide bonds. The third-order valence-corrected chi connectivity index (χ3v) is 6.31. The fourth-order valence-corrected chi connectivity index (χ4v) is 4.92. The van der Waals surface area contributed by atoms with Crippen LogP contribution < -0.4 is 0 Å². The first-order valence-electron chi connectivity index (χ1n) is 10.3. The molecular formula is C24H30N2O2. The van der Waals surface area contributed by atoms with Crippen LogP contribution in [-0.2, 0) is 16.1 Å². The van der Waals surface area contributed by atoms with Crippen LogP contribution in [0, 0.1) is 18.8 Å². The van der Waals surface area contributed by atoms with Gasteiger partial charge in [-0.3, -0.25) is 4.79 Å². The minimum absolute atomic E-state index is 0.195. The predicted octanol–water partition coefficient (Wildman–Crippen LogP) is 3.66. The van der Waals surface area contributed by atoms with Crippen LogP contribution in [-0.4, -0.2) is 48.5 Å². The van der Waals surface area contributed by atoms with Gasteiger partial charge in [0.1, 0.15) is 0 Å². The summed E-state index contributed by atoms with van der Waals surface area (Å²) in [5, 5.41) is 0. The van der Waals surface area contributed by atoms with Crippen molar-refractivity contribution in [2.75, 3.05) is 32.8 Å². The molecular weight excluding hydrogens is 348 g/mol. The van der Waals surface area contributed by atoms with Crippen molar-refractivity contribution in [1.82, 2.24) is 9.80 Å². The summed E-state index contributed by atoms with van der Waals surface area (Å²) in [5.41, 5.74) is 3.81. The van der Waals surface area contributed by atoms with Crippen molar-refractivity contribution in [3.05, 3.63) is 71.3 Å². The Morgan fingerprint density at radius 2 is 1.79 bits per heavy atom. The molecule has 0 radical (unpaired) electrons. The number of ether oxygens (including phenoxy) is 1. The van der Waals surface area contributed by atoms with E-state index >= 15 is 0 Å². The molecule has 0 saturated carbocycles. The molecule has 4 heteroatoms. The monoisotopic (exact) mass is 378 g/mol. The van der Waals surface area contributed by atoms with E-state index in [1.807, 2.05) is 18.2 Å². The van der Waals surface area contributed by atoms with Gasteiger partial charge >= 0.3 is 0 Å². The van der Waals surface area contributed by atoms with Crippen molar-refractivity contribution in [3.8, 4) is 0 Å². The van der Waals surface area contributed by atoms with E-state index in [-0.39, 0.29) is 11.9 Å². The van der Waals surface area contributed by atoms with E-state index < -0.39 is 0 Å². The zero-order chi connectivity index (χ0) is 19.5. The molecule has 2 fully saturated rings. The quantitative estimate of drug-likeness (QED) is 0.719. The van der Waals surface area contributed by atoms with E-state index in [1.54, 1.807) is 6.92 Å². The van der Waals surface area contributed by atoms with Gasteiger partial charge in [0.15, 0.2) is 0 Å². The molecule has 2 saturated heterocycles. The van der Waals surface area contributed by atoms with E-state index in [0.29, 0.717) is 18.4 Å². The van der Waals surface area contributed by atoms with Crippen molar-refractivity contribution in [2.24, 2.45) is 11.8 Å². The maximum absolute atomic E-state index is 12.3. The molecule has 28 heavy (non-hydrogen) atoms. The van der Waals surface area contributed by atoms with Crippen LogP contribution in [0.1, 0.15) is 29.7 Å². The number of nitrogens with zero attached hydrogens (tertiary/aromatic N) is 2. The number of rotatable bonds is 6. The Kier molecular flexibility index (Phi) is 5.79. The maximum Gasteiger partial charge on any atom is 0.219 e. The summed E-state index contributed by atoms with van der Waals surface area (Å²) in [6.45, 7) is 9.23. The number of aryl methyl sites for hydroxylation is 1. The summed E-state index contributed by atoms with van der Waals surface area (Å²) in [6.07, 6.45) is 0. The number of benzene rings is 2. The van der Waals surface area contributed by atoms with Crippen molar-refractivity contribution < 1.29 is 9.53 Å². The molecule has 3 atom stereocenters. The van der Waals surface area contributed by atoms with E-state index in [1.165, 1.54) is 16.7 Å². The topological polar surface area (TPSA) is 32.8 Å². The van der Waals surface area contributed by atoms with Gasteiger partial charge in [-0.1, -0.05) is 54.6 Å². The Bertz CT molecular complexity index is 807. The van der Waals surface area contributed by atoms with Gasteiger partial charge in [-0.25, -0.2) is 0 Å². The van der Waals surface area contributed by atoms with Crippen LogP contribution in [0.3, 0.4) is 0 Å². The van der Waals surface area contributed by atoms with E-state index in [2.05, 4.69) is 53.1 Å². The highest BCUT2D eigenvalue weighted by Gasteiger charge is 2.48. The molecule has 148 valence electrons. The Morgan fingerprint density at radius 3 is 2.54 bits per heavy atom. The number of amides is 1. The highest BCUT2D eigenvalue weighted by Crippen LogP contribution is 2.45. The third kappa shape index (κ3) is 3.98. The summed E-state index contributed by atoms with van der Waals surface area (Å²) < 4.78 is 5.89. The zero-order valence-electron chi connectivity index (χ0n) is 16.9. The highest BCUT2D eigenvalue weighted by molar-refractivity contribution is 5.74. The molecule has 2 heterocycles. The van der Waals surface area contributed by atoms with Crippen LogP contribution in [0.2, 0.25) is 0 Å². The first kappa shape index (κ1) is 19.2. The fraction of sp³-hybridized carbons (Fsp3) is 0.458. The fourth-order valence-electron chi connectivity index (χ4n) is 4.92. The van der Waals surface area contributed by atoms with E-state index in [9.17, 15) is 4.79 Å². The Balaban J connectivity index is 1.36. The van der Waals surface area contributed by atoms with E-state index in [4.69, 9.17) is 4.74 Å². The first-order valence-corrected chi connectivity index (χ1v) is 10.3. The lowest BCUT2D eigenvalue weighted by molar-refractivity contribution is -0.130. The second kappa shape index (κ2) is 8.46. The normalized spacial score (nSPS) is 24.5. The Labute approximate surface area is 168 Å². The molecule has 0 aromatic heterocycles. The lowest BCUT2D eigenvalue weighted by Gasteiger charge is -2.30. The smallest absolute Gasteiger partial charge is 0.219 e. The molecule has 0 unspecified atom stereocenters. The van der Waals surface area contributed by atoms with Gasteiger partial charge in [0.2, 0.25) is 5.91 Å². The highest BCUT2D eigenvalue weighted by atomic mass is 16.5. The molecule has 0 N–H and O–H groups in total. The van der Waals surface area contributed by atoms with Gasteiger partial charge < -0.3 is 14.5 Å². The molecule has 2 aromatic rings. The molecule has 0 spiro atoms. The SMILES string of the molecule is CC(=O)N1C[C@H]2CN(CCOCc3ccccc3)C[C@H]2[C@@H]1c1ccccc1C. The molecule has 4 rings (SSSR count). The molecule has 2 aliphatic rings. The van der Waals surface area contributed by atoms with Crippen LogP contribution in [0.25, 0.3) is 0 Å². The first-order chi connectivity index (χ1) is 13.6. The second-order valence-electron chi connectivity index (χ2n) is 8.19. The van der Waals surface area contributed by atoms with Crippen molar-refractivity contribution in [1.29, 1.82) is 0 Å². The van der Waals surface area contributed by atoms with Gasteiger partial charge in [-0.15, -0.1) is 0 Å². The van der Waals surface area contributed by atoms with Crippen molar-refractivity contribution in [2.45, 2.75) is 26.5 Å². The molecule has 0 bridgehead atoms. The largest absolute Gasteiger partial charge is 0.375 e. The van der Waals surface area contributed by atoms with Gasteiger partial charge in [-0.05, 0) is 29.5 Å². The Hall–Kier alpha value is -2.17. The predicted molar refractivity (Wildman–Crippen MR) is 111 cm³/mol. The van der Waals surface area contributed by atoms with Crippen LogP contribution in [0.4, 0.5) is 0 Å². The summed E-state index contributed by atoms with van der Waals surface area (Å²) >= 11 is 0. The molecule has 2 aliphatic heterocycles. The average molecular weight is 379 g/mol. The summed E-state index contributed by atoms with van der Waals surface area (Å²) in [7, 11) is 0. The van der Waals surface area contributed by atoms with Crippen LogP contribution in [0.15, 0.2) is 54.6 Å². The molecule has 4 nitrogen and oxygen atoms in total. The second-order valence-corrected chi connectivity index (χ2v) is 8.19. The number of carbonyl (C=O) groups excluding carboxylic acids is 1. The number of likely N-dealkylation sites (tertiary alicyclic amines) is 2. The van der Waals surface area contributed by atoms with Crippen molar-refractivity contribution >= 4 is 5.91 Å². The third-order valence-electron chi connectivity index (χ3n) is 6.31. The van der Waals surface area contributed by atoms with Gasteiger partial charge in [0.25, 0.3) is 0 Å². The van der Waals surface area contributed by atoms with Gasteiger partial charge in [0, 0.05) is 39.0 Å². The summed E-state index contributed by atoms with van der Waals surface area (Å²) in [5.74, 6) is 1.27. The minimum atomic E-state index is 0.195.